The molecule has 0 bridgehead atoms. The number of thiocarbonyl (C=S) groups is 1. The molecule has 0 saturated carbocycles. The fourth-order valence-corrected chi connectivity index (χ4v) is 2.58. The number of anilines is 2. The summed E-state index contributed by atoms with van der Waals surface area (Å²) in [4.78, 5) is 12.3. The Morgan fingerprint density at radius 3 is 2.15 bits per heavy atom. The summed E-state index contributed by atoms with van der Waals surface area (Å²) in [6.45, 7) is 2.54. The molecule has 7 heteroatoms. The molecule has 0 aliphatic heterocycles. The average Bonchev–Trinajstić information content (AvgIpc) is 2.63. The van der Waals surface area contributed by atoms with Gasteiger partial charge in [-0.25, -0.2) is 0 Å². The molecule has 3 N–H and O–H groups in total. The van der Waals surface area contributed by atoms with Gasteiger partial charge in [0.25, 0.3) is 5.91 Å². The lowest BCUT2D eigenvalue weighted by molar-refractivity contribution is 0.102. The highest BCUT2D eigenvalue weighted by Gasteiger charge is 2.08. The van der Waals surface area contributed by atoms with E-state index in [0.717, 1.165) is 11.4 Å². The monoisotopic (exact) mass is 373 g/mol. The first-order valence-corrected chi connectivity index (χ1v) is 8.54. The number of hydrogen-bond donors (Lipinski definition) is 3. The molecule has 0 spiro atoms. The predicted molar refractivity (Wildman–Crippen MR) is 108 cm³/mol. The molecule has 0 aliphatic carbocycles. The van der Waals surface area contributed by atoms with Gasteiger partial charge in [-0.3, -0.25) is 4.79 Å². The lowest BCUT2D eigenvalue weighted by Crippen LogP contribution is -2.38. The van der Waals surface area contributed by atoms with Crippen molar-refractivity contribution in [2.45, 2.75) is 13.0 Å². The topological polar surface area (TPSA) is 71.6 Å². The molecule has 0 heterocycles. The van der Waals surface area contributed by atoms with Crippen LogP contribution in [-0.4, -0.2) is 37.9 Å². The third kappa shape index (κ3) is 6.02. The Balaban J connectivity index is 1.91. The van der Waals surface area contributed by atoms with Crippen LogP contribution in [0.25, 0.3) is 0 Å². The molecule has 2 rings (SSSR count). The molecular weight excluding hydrogens is 350 g/mol. The molecular formula is C19H23N3O3S. The van der Waals surface area contributed by atoms with Crippen LogP contribution in [0.5, 0.6) is 5.75 Å². The number of carbonyl (C=O) groups excluding carboxylic acids is 1. The van der Waals surface area contributed by atoms with E-state index in [9.17, 15) is 4.79 Å². The van der Waals surface area contributed by atoms with Gasteiger partial charge >= 0.3 is 0 Å². The summed E-state index contributed by atoms with van der Waals surface area (Å²) in [5.74, 6) is 0.555. The van der Waals surface area contributed by atoms with E-state index in [-0.39, 0.29) is 11.9 Å². The largest absolute Gasteiger partial charge is 0.497 e. The highest BCUT2D eigenvalue weighted by molar-refractivity contribution is 7.80. The van der Waals surface area contributed by atoms with Crippen molar-refractivity contribution in [2.75, 3.05) is 31.5 Å². The van der Waals surface area contributed by atoms with Crippen LogP contribution in [0.2, 0.25) is 0 Å². The Morgan fingerprint density at radius 2 is 1.58 bits per heavy atom. The van der Waals surface area contributed by atoms with E-state index in [1.165, 1.54) is 0 Å². The second-order valence-electron chi connectivity index (χ2n) is 5.71. The van der Waals surface area contributed by atoms with E-state index in [1.807, 2.05) is 6.92 Å². The van der Waals surface area contributed by atoms with E-state index in [1.54, 1.807) is 62.8 Å². The Kier molecular flexibility index (Phi) is 7.37. The molecule has 1 atom stereocenters. The van der Waals surface area contributed by atoms with E-state index in [2.05, 4.69) is 16.0 Å². The minimum absolute atomic E-state index is 0.106. The first-order valence-electron chi connectivity index (χ1n) is 8.13. The fraction of sp³-hybridized carbons (Fsp3) is 0.263. The molecule has 2 aromatic rings. The summed E-state index contributed by atoms with van der Waals surface area (Å²) in [7, 11) is 3.24. The number of rotatable bonds is 7. The summed E-state index contributed by atoms with van der Waals surface area (Å²) in [5, 5.41) is 9.54. The highest BCUT2D eigenvalue weighted by atomic mass is 32.1. The average molecular weight is 373 g/mol. The maximum atomic E-state index is 12.3. The second kappa shape index (κ2) is 9.74. The molecule has 1 unspecified atom stereocenters. The van der Waals surface area contributed by atoms with Gasteiger partial charge < -0.3 is 25.4 Å². The van der Waals surface area contributed by atoms with Crippen molar-refractivity contribution in [3.05, 3.63) is 54.1 Å². The fourth-order valence-electron chi connectivity index (χ4n) is 2.27. The Bertz CT molecular complexity index is 733. The summed E-state index contributed by atoms with van der Waals surface area (Å²) >= 11 is 5.25. The molecule has 0 aromatic heterocycles. The molecule has 0 fully saturated rings. The number of ether oxygens (including phenoxy) is 2. The van der Waals surface area contributed by atoms with Crippen LogP contribution >= 0.6 is 12.2 Å². The van der Waals surface area contributed by atoms with Crippen LogP contribution in [0.4, 0.5) is 11.4 Å². The van der Waals surface area contributed by atoms with Gasteiger partial charge in [0.2, 0.25) is 0 Å². The van der Waals surface area contributed by atoms with Crippen molar-refractivity contribution in [2.24, 2.45) is 0 Å². The number of benzene rings is 2. The van der Waals surface area contributed by atoms with Crippen molar-refractivity contribution in [1.29, 1.82) is 0 Å². The maximum Gasteiger partial charge on any atom is 0.255 e. The lowest BCUT2D eigenvalue weighted by Gasteiger charge is -2.16. The van der Waals surface area contributed by atoms with Crippen LogP contribution in [0.15, 0.2) is 48.5 Å². The van der Waals surface area contributed by atoms with Gasteiger partial charge in [-0.2, -0.15) is 0 Å². The van der Waals surface area contributed by atoms with Crippen LogP contribution in [0.3, 0.4) is 0 Å². The number of hydrogen-bond acceptors (Lipinski definition) is 4. The smallest absolute Gasteiger partial charge is 0.255 e. The Hall–Kier alpha value is -2.64. The highest BCUT2D eigenvalue weighted by Crippen LogP contribution is 2.16. The molecule has 1 amide bonds. The van der Waals surface area contributed by atoms with Crippen LogP contribution in [-0.2, 0) is 4.74 Å². The Labute approximate surface area is 158 Å². The summed E-state index contributed by atoms with van der Waals surface area (Å²) in [5.41, 5.74) is 2.06. The normalized spacial score (nSPS) is 11.3. The van der Waals surface area contributed by atoms with E-state index >= 15 is 0 Å². The minimum Gasteiger partial charge on any atom is -0.497 e. The van der Waals surface area contributed by atoms with Crippen LogP contribution in [0.1, 0.15) is 17.3 Å². The molecule has 6 nitrogen and oxygen atoms in total. The van der Waals surface area contributed by atoms with Crippen molar-refractivity contribution >= 4 is 34.6 Å². The number of nitrogens with one attached hydrogen (secondary N) is 3. The second-order valence-corrected chi connectivity index (χ2v) is 6.12. The molecule has 138 valence electrons. The van der Waals surface area contributed by atoms with Gasteiger partial charge in [-0.05, 0) is 67.7 Å². The minimum atomic E-state index is -0.184. The van der Waals surface area contributed by atoms with Gasteiger partial charge in [-0.1, -0.05) is 0 Å². The van der Waals surface area contributed by atoms with Gasteiger partial charge in [0, 0.05) is 30.1 Å². The zero-order valence-corrected chi connectivity index (χ0v) is 15.9. The van der Waals surface area contributed by atoms with E-state index in [4.69, 9.17) is 21.7 Å². The van der Waals surface area contributed by atoms with Gasteiger partial charge in [0.05, 0.1) is 13.7 Å². The number of methoxy groups -OCH3 is 2. The van der Waals surface area contributed by atoms with Gasteiger partial charge in [0.15, 0.2) is 5.11 Å². The van der Waals surface area contributed by atoms with Gasteiger partial charge in [0.1, 0.15) is 5.75 Å². The summed E-state index contributed by atoms with van der Waals surface area (Å²) in [6, 6.07) is 14.4. The first kappa shape index (κ1) is 19.7. The van der Waals surface area contributed by atoms with Crippen molar-refractivity contribution < 1.29 is 14.3 Å². The quantitative estimate of drug-likeness (QED) is 0.647. The van der Waals surface area contributed by atoms with Crippen molar-refractivity contribution in [3.8, 4) is 5.75 Å². The molecule has 2 aromatic carbocycles. The summed E-state index contributed by atoms with van der Waals surface area (Å²) < 4.78 is 10.2. The molecule has 0 radical (unpaired) electrons. The zero-order valence-electron chi connectivity index (χ0n) is 15.0. The van der Waals surface area contributed by atoms with E-state index in [0.29, 0.717) is 23.0 Å². The molecule has 26 heavy (non-hydrogen) atoms. The zero-order chi connectivity index (χ0) is 18.9. The predicted octanol–water partition coefficient (Wildman–Crippen LogP) is 3.27. The lowest BCUT2D eigenvalue weighted by atomic mass is 10.2. The SMILES string of the molecule is COCC(C)NC(=S)Nc1ccc(C(=O)Nc2ccc(OC)cc2)cc1. The first-order chi connectivity index (χ1) is 12.5. The standard InChI is InChI=1S/C19H23N3O3S/c1-13(12-24-2)20-19(26)22-16-6-4-14(5-7-16)18(23)21-15-8-10-17(25-3)11-9-15/h4-11,13H,12H2,1-3H3,(H,21,23)(H2,20,22,26). The van der Waals surface area contributed by atoms with Crippen LogP contribution < -0.4 is 20.7 Å². The number of amides is 1. The third-order valence-corrected chi connectivity index (χ3v) is 3.77. The molecule has 0 saturated heterocycles. The molecule has 0 aliphatic rings. The van der Waals surface area contributed by atoms with Gasteiger partial charge in [-0.15, -0.1) is 0 Å². The van der Waals surface area contributed by atoms with Crippen molar-refractivity contribution in [3.63, 3.8) is 0 Å². The van der Waals surface area contributed by atoms with Crippen LogP contribution in [0, 0.1) is 0 Å². The maximum absolute atomic E-state index is 12.3. The summed E-state index contributed by atoms with van der Waals surface area (Å²) in [6.07, 6.45) is 0. The van der Waals surface area contributed by atoms with Crippen molar-refractivity contribution in [1.82, 2.24) is 5.32 Å². The third-order valence-electron chi connectivity index (χ3n) is 3.55. The number of carbonyl (C=O) groups is 1. The van der Waals surface area contributed by atoms with E-state index < -0.39 is 0 Å². The Morgan fingerprint density at radius 1 is 1.00 bits per heavy atom.